The lowest BCUT2D eigenvalue weighted by Gasteiger charge is -2.27. The van der Waals surface area contributed by atoms with Gasteiger partial charge in [0.1, 0.15) is 17.1 Å². The number of carboxylic acids is 1. The number of anilines is 1. The number of hydrogen-bond donors (Lipinski definition) is 4. The number of nitrogens with zero attached hydrogens (tertiary/aromatic N) is 2. The molecule has 0 aliphatic heterocycles. The number of hydrogen-bond acceptors (Lipinski definition) is 6. The van der Waals surface area contributed by atoms with Crippen LogP contribution in [-0.2, 0) is 9.59 Å². The molecule has 0 spiro atoms. The van der Waals surface area contributed by atoms with Crippen LogP contribution in [-0.4, -0.2) is 44.6 Å². The number of halogens is 1. The second-order valence-corrected chi connectivity index (χ2v) is 8.43. The summed E-state index contributed by atoms with van der Waals surface area (Å²) in [6, 6.07) is 6.77. The van der Waals surface area contributed by atoms with Crippen molar-refractivity contribution in [1.29, 1.82) is 0 Å². The second-order valence-electron chi connectivity index (χ2n) is 8.02. The molecule has 5 N–H and O–H groups in total. The van der Waals surface area contributed by atoms with Crippen LogP contribution in [0.15, 0.2) is 42.6 Å². The van der Waals surface area contributed by atoms with E-state index in [1.807, 2.05) is 6.07 Å². The minimum Gasteiger partial charge on any atom is -0.482 e. The van der Waals surface area contributed by atoms with Gasteiger partial charge in [-0.05, 0) is 30.4 Å². The van der Waals surface area contributed by atoms with E-state index in [1.165, 1.54) is 6.20 Å². The van der Waals surface area contributed by atoms with Crippen LogP contribution in [0, 0.1) is 17.8 Å². The Morgan fingerprint density at radius 1 is 1.31 bits per heavy atom. The molecule has 1 fully saturated rings. The van der Waals surface area contributed by atoms with Crippen LogP contribution in [0.1, 0.15) is 6.42 Å². The van der Waals surface area contributed by atoms with Crippen molar-refractivity contribution in [3.05, 3.63) is 47.6 Å². The molecule has 9 nitrogen and oxygen atoms in total. The first-order chi connectivity index (χ1) is 15.4. The van der Waals surface area contributed by atoms with Crippen molar-refractivity contribution < 1.29 is 19.4 Å². The van der Waals surface area contributed by atoms with Gasteiger partial charge in [-0.3, -0.25) is 4.79 Å². The van der Waals surface area contributed by atoms with E-state index < -0.39 is 12.6 Å². The zero-order valence-electron chi connectivity index (χ0n) is 16.8. The number of nitrogens with two attached hydrogens (primary N) is 1. The zero-order valence-corrected chi connectivity index (χ0v) is 17.5. The number of fused-ring (bicyclic) bond motifs is 3. The van der Waals surface area contributed by atoms with E-state index >= 15 is 0 Å². The van der Waals surface area contributed by atoms with Gasteiger partial charge in [0.25, 0.3) is 0 Å². The molecule has 0 saturated heterocycles. The lowest BCUT2D eigenvalue weighted by Crippen LogP contribution is -2.41. The fraction of sp³-hybridized carbons (Fsp3) is 0.273. The number of carbonyl (C=O) groups excluding carboxylic acids is 1. The molecule has 2 bridgehead atoms. The Balaban J connectivity index is 1.49. The Kier molecular flexibility index (Phi) is 4.97. The molecule has 2 aliphatic rings. The number of imidazole rings is 1. The van der Waals surface area contributed by atoms with E-state index in [9.17, 15) is 9.59 Å². The molecule has 32 heavy (non-hydrogen) atoms. The Bertz CT molecular complexity index is 1260. The van der Waals surface area contributed by atoms with Gasteiger partial charge in [0.15, 0.2) is 12.3 Å². The van der Waals surface area contributed by atoms with Crippen LogP contribution in [0.25, 0.3) is 22.6 Å². The predicted molar refractivity (Wildman–Crippen MR) is 118 cm³/mol. The molecule has 3 aromatic rings. The molecule has 2 aliphatic carbocycles. The molecule has 164 valence electrons. The molecule has 2 heterocycles. The molecular weight excluding hydrogens is 434 g/mol. The normalized spacial score (nSPS) is 23.5. The molecule has 1 amide bonds. The first kappa shape index (κ1) is 20.3. The van der Waals surface area contributed by atoms with Crippen LogP contribution in [0.5, 0.6) is 5.75 Å². The topological polar surface area (TPSA) is 143 Å². The maximum atomic E-state index is 12.1. The maximum Gasteiger partial charge on any atom is 0.341 e. The smallest absolute Gasteiger partial charge is 0.341 e. The van der Waals surface area contributed by atoms with Crippen molar-refractivity contribution in [1.82, 2.24) is 15.0 Å². The minimum absolute atomic E-state index is 0.134. The van der Waals surface area contributed by atoms with Crippen molar-refractivity contribution in [2.75, 3.05) is 11.9 Å². The number of aromatic amines is 1. The third-order valence-corrected chi connectivity index (χ3v) is 6.32. The van der Waals surface area contributed by atoms with Gasteiger partial charge in [-0.2, -0.15) is 0 Å². The molecule has 0 unspecified atom stereocenters. The highest BCUT2D eigenvalue weighted by atomic mass is 35.5. The number of carbonyl (C=O) groups is 2. The monoisotopic (exact) mass is 453 g/mol. The van der Waals surface area contributed by atoms with E-state index in [0.717, 1.165) is 6.42 Å². The fourth-order valence-corrected chi connectivity index (χ4v) is 4.85. The van der Waals surface area contributed by atoms with Gasteiger partial charge < -0.3 is 25.9 Å². The number of rotatable bonds is 7. The molecule has 0 radical (unpaired) electrons. The summed E-state index contributed by atoms with van der Waals surface area (Å²) >= 11 is 6.47. The van der Waals surface area contributed by atoms with Gasteiger partial charge in [-0.25, -0.2) is 14.8 Å². The van der Waals surface area contributed by atoms with Crippen LogP contribution in [0.3, 0.4) is 0 Å². The summed E-state index contributed by atoms with van der Waals surface area (Å²) in [7, 11) is 0. The summed E-state index contributed by atoms with van der Waals surface area (Å²) in [5.74, 6) is -0.441. The number of H-pyrrole nitrogens is 1. The summed E-state index contributed by atoms with van der Waals surface area (Å²) in [5.41, 5.74) is 8.05. The summed E-state index contributed by atoms with van der Waals surface area (Å²) in [6.07, 6.45) is 6.59. The van der Waals surface area contributed by atoms with Gasteiger partial charge in [0.2, 0.25) is 5.91 Å². The van der Waals surface area contributed by atoms with Crippen molar-refractivity contribution >= 4 is 40.3 Å². The number of aromatic nitrogens is 3. The quantitative estimate of drug-likeness (QED) is 0.402. The van der Waals surface area contributed by atoms with Gasteiger partial charge in [0, 0.05) is 11.6 Å². The number of pyridine rings is 1. The number of aliphatic carboxylic acids is 1. The second kappa shape index (κ2) is 7.83. The van der Waals surface area contributed by atoms with Crippen molar-refractivity contribution in [2.45, 2.75) is 12.5 Å². The number of ether oxygens (including phenoxy) is 1. The molecular formula is C22H20ClN5O4. The Labute approximate surface area is 187 Å². The van der Waals surface area contributed by atoms with Crippen molar-refractivity contribution in [3.63, 3.8) is 0 Å². The Morgan fingerprint density at radius 3 is 2.91 bits per heavy atom. The molecule has 1 aromatic carbocycles. The number of amides is 1. The predicted octanol–water partition coefficient (Wildman–Crippen LogP) is 2.83. The molecule has 5 rings (SSSR count). The number of primary amides is 1. The van der Waals surface area contributed by atoms with Crippen LogP contribution >= 0.6 is 11.6 Å². The summed E-state index contributed by atoms with van der Waals surface area (Å²) in [5, 5.41) is 12.6. The summed E-state index contributed by atoms with van der Waals surface area (Å²) < 4.78 is 5.26. The highest BCUT2D eigenvalue weighted by Crippen LogP contribution is 2.46. The maximum absolute atomic E-state index is 12.1. The van der Waals surface area contributed by atoms with Gasteiger partial charge in [-0.15, -0.1) is 0 Å². The highest BCUT2D eigenvalue weighted by Gasteiger charge is 2.47. The van der Waals surface area contributed by atoms with Gasteiger partial charge in [-0.1, -0.05) is 35.9 Å². The average Bonchev–Trinajstić information content (AvgIpc) is 3.49. The zero-order chi connectivity index (χ0) is 22.4. The molecule has 4 atom stereocenters. The van der Waals surface area contributed by atoms with E-state index in [0.29, 0.717) is 39.0 Å². The van der Waals surface area contributed by atoms with Gasteiger partial charge >= 0.3 is 5.97 Å². The van der Waals surface area contributed by atoms with E-state index in [4.69, 9.17) is 27.2 Å². The summed E-state index contributed by atoms with van der Waals surface area (Å²) in [6.45, 7) is -0.437. The molecule has 10 heteroatoms. The Hall–Kier alpha value is -3.59. The average molecular weight is 454 g/mol. The first-order valence-corrected chi connectivity index (χ1v) is 10.5. The SMILES string of the molecule is NC(=O)[C@@H]1[C@H](Nc2c(Cl)cnc3[nH]c(-c4cccc(OCC(=O)O)c4)nc23)[C@H]2C=C[C@@H]1C2. The lowest BCUT2D eigenvalue weighted by atomic mass is 9.88. The van der Waals surface area contributed by atoms with Crippen molar-refractivity contribution in [2.24, 2.45) is 23.5 Å². The van der Waals surface area contributed by atoms with Crippen LogP contribution < -0.4 is 15.8 Å². The largest absolute Gasteiger partial charge is 0.482 e. The number of benzene rings is 1. The molecule has 1 saturated carbocycles. The van der Waals surface area contributed by atoms with Crippen LogP contribution in [0.4, 0.5) is 5.69 Å². The third kappa shape index (κ3) is 3.54. The summed E-state index contributed by atoms with van der Waals surface area (Å²) in [4.78, 5) is 35.0. The lowest BCUT2D eigenvalue weighted by molar-refractivity contribution is -0.139. The van der Waals surface area contributed by atoms with Gasteiger partial charge in [0.05, 0.1) is 22.8 Å². The van der Waals surface area contributed by atoms with Crippen molar-refractivity contribution in [3.8, 4) is 17.1 Å². The number of allylic oxidation sites excluding steroid dienone is 1. The van der Waals surface area contributed by atoms with Crippen LogP contribution in [0.2, 0.25) is 5.02 Å². The van der Waals surface area contributed by atoms with E-state index in [1.54, 1.807) is 18.2 Å². The minimum atomic E-state index is -1.06. The van der Waals surface area contributed by atoms with E-state index in [2.05, 4.69) is 32.4 Å². The third-order valence-electron chi connectivity index (χ3n) is 6.04. The highest BCUT2D eigenvalue weighted by molar-refractivity contribution is 6.34. The number of nitrogens with one attached hydrogen (secondary N) is 2. The fourth-order valence-electron chi connectivity index (χ4n) is 4.66. The number of carboxylic acid groups (broad SMARTS) is 1. The first-order valence-electron chi connectivity index (χ1n) is 10.1. The Morgan fingerprint density at radius 2 is 2.12 bits per heavy atom. The molecule has 2 aromatic heterocycles. The van der Waals surface area contributed by atoms with E-state index in [-0.39, 0.29) is 29.7 Å². The standard InChI is InChI=1S/C22H20ClN5O4/c23-14-8-25-22-19(18(14)26-17-11-5-4-10(6-11)16(17)20(24)31)27-21(28-22)12-2-1-3-13(7-12)32-9-15(29)30/h1-5,7-8,10-11,16-17H,6,9H2,(H2,24,31)(H,29,30)(H2,25,26,27,28)/t10-,11+,16+,17-/m1/s1.